The molecule has 1 amide bonds. The van der Waals surface area contributed by atoms with Crippen LogP contribution >= 0.6 is 0 Å². The summed E-state index contributed by atoms with van der Waals surface area (Å²) >= 11 is 0. The lowest BCUT2D eigenvalue weighted by molar-refractivity contribution is -0.116. The van der Waals surface area contributed by atoms with E-state index in [0.29, 0.717) is 25.3 Å². The average molecular weight is 523 g/mol. The number of carbonyl (C=O) groups excluding carboxylic acids is 1. The summed E-state index contributed by atoms with van der Waals surface area (Å²) in [4.78, 5) is 14.2. The minimum Gasteiger partial charge on any atom is -0.457 e. The number of furan rings is 1. The number of alkyl halides is 3. The fourth-order valence-corrected chi connectivity index (χ4v) is 4.43. The van der Waals surface area contributed by atoms with Gasteiger partial charge in [0.1, 0.15) is 17.1 Å². The van der Waals surface area contributed by atoms with Gasteiger partial charge >= 0.3 is 15.6 Å². The second-order valence-corrected chi connectivity index (χ2v) is 10.00. The van der Waals surface area contributed by atoms with Crippen LogP contribution in [0.15, 0.2) is 59.0 Å². The maximum absolute atomic E-state index is 12.6. The van der Waals surface area contributed by atoms with Gasteiger partial charge in [-0.3, -0.25) is 9.69 Å². The van der Waals surface area contributed by atoms with Gasteiger partial charge in [-0.25, -0.2) is 0 Å². The molecular weight excluding hydrogens is 497 g/mol. The molecule has 0 aliphatic carbocycles. The molecule has 1 aliphatic heterocycles. The molecular formula is C25H25F3N2O5S. The maximum Gasteiger partial charge on any atom is 0.534 e. The Balaban J connectivity index is 1.19. The van der Waals surface area contributed by atoms with E-state index in [-0.39, 0.29) is 11.7 Å². The zero-order chi connectivity index (χ0) is 25.8. The number of para-hydroxylation sites is 1. The number of amides is 1. The predicted octanol–water partition coefficient (Wildman–Crippen LogP) is 4.63. The summed E-state index contributed by atoms with van der Waals surface area (Å²) in [7, 11) is -5.70. The minimum absolute atomic E-state index is 0.219. The SMILES string of the molecule is O=C(C=Cc1cc2ccccc2o1)NCCCCN1CCc2ccc(OS(=O)(=O)C(F)(F)F)cc2C1. The summed E-state index contributed by atoms with van der Waals surface area (Å²) in [5.74, 6) is 0.0244. The number of benzene rings is 2. The summed E-state index contributed by atoms with van der Waals surface area (Å²) in [6.45, 7) is 2.49. The van der Waals surface area contributed by atoms with Gasteiger partial charge in [0, 0.05) is 31.1 Å². The molecule has 7 nitrogen and oxygen atoms in total. The molecule has 0 bridgehead atoms. The molecule has 0 saturated heterocycles. The van der Waals surface area contributed by atoms with E-state index in [9.17, 15) is 26.4 Å². The average Bonchev–Trinajstić information content (AvgIpc) is 3.24. The Morgan fingerprint density at radius 2 is 1.92 bits per heavy atom. The predicted molar refractivity (Wildman–Crippen MR) is 129 cm³/mol. The van der Waals surface area contributed by atoms with E-state index in [1.54, 1.807) is 12.1 Å². The molecule has 0 saturated carbocycles. The molecule has 0 atom stereocenters. The molecule has 0 fully saturated rings. The number of hydrogen-bond acceptors (Lipinski definition) is 6. The van der Waals surface area contributed by atoms with Crippen molar-refractivity contribution in [2.24, 2.45) is 0 Å². The molecule has 2 aromatic carbocycles. The molecule has 3 aromatic rings. The van der Waals surface area contributed by atoms with Crippen LogP contribution in [0.2, 0.25) is 0 Å². The summed E-state index contributed by atoms with van der Waals surface area (Å²) in [5.41, 5.74) is -3.03. The van der Waals surface area contributed by atoms with Crippen molar-refractivity contribution in [1.29, 1.82) is 0 Å². The van der Waals surface area contributed by atoms with E-state index in [1.165, 1.54) is 18.2 Å². The van der Waals surface area contributed by atoms with Crippen molar-refractivity contribution in [1.82, 2.24) is 10.2 Å². The molecule has 11 heteroatoms. The third-order valence-corrected chi connectivity index (χ3v) is 6.78. The van der Waals surface area contributed by atoms with Crippen molar-refractivity contribution in [2.75, 3.05) is 19.6 Å². The molecule has 1 aliphatic rings. The first-order valence-corrected chi connectivity index (χ1v) is 12.8. The van der Waals surface area contributed by atoms with Gasteiger partial charge in [-0.1, -0.05) is 24.3 Å². The van der Waals surface area contributed by atoms with Gasteiger partial charge in [0.25, 0.3) is 0 Å². The number of hydrogen-bond donors (Lipinski definition) is 1. The third-order valence-electron chi connectivity index (χ3n) is 5.80. The highest BCUT2D eigenvalue weighted by Gasteiger charge is 2.48. The van der Waals surface area contributed by atoms with Crippen molar-refractivity contribution in [2.45, 2.75) is 31.3 Å². The highest BCUT2D eigenvalue weighted by molar-refractivity contribution is 7.88. The van der Waals surface area contributed by atoms with Crippen LogP contribution in [0.4, 0.5) is 13.2 Å². The highest BCUT2D eigenvalue weighted by atomic mass is 32.2. The van der Waals surface area contributed by atoms with Crippen LogP contribution in [0.25, 0.3) is 17.0 Å². The maximum atomic E-state index is 12.6. The van der Waals surface area contributed by atoms with Crippen LogP contribution in [-0.4, -0.2) is 44.4 Å². The zero-order valence-corrected chi connectivity index (χ0v) is 20.1. The standard InChI is InChI=1S/C25H25F3N2O5S/c26-25(27,28)36(32,33)35-22-8-7-18-11-14-30(17-20(18)16-22)13-4-3-12-29-24(31)10-9-21-15-19-5-1-2-6-23(19)34-21/h1-2,5-10,15-16H,3-4,11-14,17H2,(H,29,31). The van der Waals surface area contributed by atoms with Crippen molar-refractivity contribution >= 4 is 33.1 Å². The minimum atomic E-state index is -5.70. The normalized spacial score (nSPS) is 14.8. The van der Waals surface area contributed by atoms with Gasteiger partial charge in [0.2, 0.25) is 5.91 Å². The summed E-state index contributed by atoms with van der Waals surface area (Å²) in [5, 5.41) is 3.80. The Morgan fingerprint density at radius 1 is 1.11 bits per heavy atom. The Bertz CT molecular complexity index is 1330. The van der Waals surface area contributed by atoms with Gasteiger partial charge in [-0.2, -0.15) is 21.6 Å². The molecule has 36 heavy (non-hydrogen) atoms. The van der Waals surface area contributed by atoms with E-state index in [4.69, 9.17) is 4.42 Å². The fraction of sp³-hybridized carbons (Fsp3) is 0.320. The van der Waals surface area contributed by atoms with Crippen LogP contribution < -0.4 is 9.50 Å². The number of rotatable bonds is 9. The summed E-state index contributed by atoms with van der Waals surface area (Å²) in [6.07, 6.45) is 5.31. The Kier molecular flexibility index (Phi) is 7.70. The molecule has 0 unspecified atom stereocenters. The number of carbonyl (C=O) groups is 1. The largest absolute Gasteiger partial charge is 0.534 e. The van der Waals surface area contributed by atoms with Crippen molar-refractivity contribution < 1.29 is 35.0 Å². The van der Waals surface area contributed by atoms with Crippen molar-refractivity contribution in [3.8, 4) is 5.75 Å². The monoisotopic (exact) mass is 522 g/mol. The zero-order valence-electron chi connectivity index (χ0n) is 19.3. The van der Waals surface area contributed by atoms with Crippen molar-refractivity contribution in [3.05, 3.63) is 71.5 Å². The van der Waals surface area contributed by atoms with Crippen molar-refractivity contribution in [3.63, 3.8) is 0 Å². The van der Waals surface area contributed by atoms with Crippen LogP contribution in [-0.2, 0) is 27.9 Å². The van der Waals surface area contributed by atoms with Gasteiger partial charge in [0.05, 0.1) is 0 Å². The lowest BCUT2D eigenvalue weighted by atomic mass is 9.99. The van der Waals surface area contributed by atoms with Gasteiger partial charge in [-0.15, -0.1) is 0 Å². The molecule has 0 spiro atoms. The molecule has 2 heterocycles. The second-order valence-electron chi connectivity index (χ2n) is 8.46. The number of nitrogens with zero attached hydrogens (tertiary/aromatic N) is 1. The topological polar surface area (TPSA) is 88.8 Å². The lowest BCUT2D eigenvalue weighted by Gasteiger charge is -2.29. The van der Waals surface area contributed by atoms with Gasteiger partial charge in [-0.05, 0) is 67.3 Å². The fourth-order valence-electron chi connectivity index (χ4n) is 3.98. The quantitative estimate of drug-likeness (QED) is 0.191. The molecule has 0 radical (unpaired) electrons. The smallest absolute Gasteiger partial charge is 0.457 e. The summed E-state index contributed by atoms with van der Waals surface area (Å²) in [6, 6.07) is 13.6. The lowest BCUT2D eigenvalue weighted by Crippen LogP contribution is -2.32. The molecule has 1 N–H and O–H groups in total. The van der Waals surface area contributed by atoms with Gasteiger partial charge < -0.3 is 13.9 Å². The van der Waals surface area contributed by atoms with E-state index in [1.807, 2.05) is 30.3 Å². The first-order chi connectivity index (χ1) is 17.1. The van der Waals surface area contributed by atoms with Crippen LogP contribution in [0.1, 0.15) is 29.7 Å². The van der Waals surface area contributed by atoms with Crippen LogP contribution in [0, 0.1) is 0 Å². The van der Waals surface area contributed by atoms with E-state index < -0.39 is 15.6 Å². The number of halogens is 3. The Labute approximate surface area is 206 Å². The van der Waals surface area contributed by atoms with Gasteiger partial charge in [0.15, 0.2) is 0 Å². The number of fused-ring (bicyclic) bond motifs is 2. The molecule has 192 valence electrons. The van der Waals surface area contributed by atoms with Crippen LogP contribution in [0.3, 0.4) is 0 Å². The first-order valence-electron chi connectivity index (χ1n) is 11.4. The molecule has 4 rings (SSSR count). The van der Waals surface area contributed by atoms with E-state index >= 15 is 0 Å². The Hall–Kier alpha value is -3.31. The van der Waals surface area contributed by atoms with E-state index in [2.05, 4.69) is 14.4 Å². The molecule has 1 aromatic heterocycles. The van der Waals surface area contributed by atoms with Crippen LogP contribution in [0.5, 0.6) is 5.75 Å². The third kappa shape index (κ3) is 6.46. The van der Waals surface area contributed by atoms with E-state index in [0.717, 1.165) is 48.0 Å². The highest BCUT2D eigenvalue weighted by Crippen LogP contribution is 2.29. The summed E-state index contributed by atoms with van der Waals surface area (Å²) < 4.78 is 70.1. The second kappa shape index (κ2) is 10.8. The Morgan fingerprint density at radius 3 is 2.69 bits per heavy atom. The number of unbranched alkanes of at least 4 members (excludes halogenated alkanes) is 1. The number of nitrogens with one attached hydrogen (secondary N) is 1. The first kappa shape index (κ1) is 25.8.